The molecule has 0 spiro atoms. The van der Waals surface area contributed by atoms with Gasteiger partial charge in [-0.3, -0.25) is 10.1 Å². The Hall–Kier alpha value is -3.26. The highest BCUT2D eigenvalue weighted by Gasteiger charge is 2.38. The van der Waals surface area contributed by atoms with E-state index >= 15 is 0 Å². The minimum Gasteiger partial charge on any atom is -0.376 e. The molecule has 1 heterocycles. The zero-order chi connectivity index (χ0) is 23.7. The highest BCUT2D eigenvalue weighted by atomic mass is 35.5. The zero-order valence-corrected chi connectivity index (χ0v) is 19.7. The molecule has 0 radical (unpaired) electrons. The largest absolute Gasteiger partial charge is 0.376 e. The predicted octanol–water partition coefficient (Wildman–Crippen LogP) is 5.96. The number of aliphatic hydroxyl groups is 1. The maximum atomic E-state index is 12.0. The van der Waals surface area contributed by atoms with Crippen molar-refractivity contribution in [2.24, 2.45) is 0 Å². The lowest BCUT2D eigenvalue weighted by molar-refractivity contribution is -0.384. The molecule has 1 aromatic heterocycles. The molecule has 0 saturated carbocycles. The van der Waals surface area contributed by atoms with Gasteiger partial charge in [-0.25, -0.2) is 4.98 Å². The maximum Gasteiger partial charge on any atom is 0.292 e. The first-order chi connectivity index (χ1) is 16.4. The minimum absolute atomic E-state index is 0.0276. The van der Waals surface area contributed by atoms with Crippen molar-refractivity contribution in [3.05, 3.63) is 121 Å². The molecule has 5 rings (SSSR count). The second-order valence-electron chi connectivity index (χ2n) is 8.40. The van der Waals surface area contributed by atoms with Crippen molar-refractivity contribution in [3.63, 3.8) is 0 Å². The lowest BCUT2D eigenvalue weighted by Gasteiger charge is -2.29. The van der Waals surface area contributed by atoms with Crippen LogP contribution in [-0.2, 0) is 18.4 Å². The molecule has 0 bridgehead atoms. The van der Waals surface area contributed by atoms with Gasteiger partial charge in [0.2, 0.25) is 0 Å². The molecule has 2 unspecified atom stereocenters. The summed E-state index contributed by atoms with van der Waals surface area (Å²) in [6, 6.07) is 20.0. The third kappa shape index (κ3) is 4.18. The molecule has 3 aromatic carbocycles. The van der Waals surface area contributed by atoms with Gasteiger partial charge in [0.05, 0.1) is 4.92 Å². The van der Waals surface area contributed by atoms with Crippen LogP contribution in [-0.4, -0.2) is 21.1 Å². The molecule has 0 saturated heterocycles. The molecular weight excluding hydrogens is 470 g/mol. The van der Waals surface area contributed by atoms with Crippen molar-refractivity contribution in [1.29, 1.82) is 0 Å². The Morgan fingerprint density at radius 2 is 1.82 bits per heavy atom. The van der Waals surface area contributed by atoms with Crippen LogP contribution in [0.2, 0.25) is 5.02 Å². The number of anilines is 1. The van der Waals surface area contributed by atoms with Crippen LogP contribution in [0.4, 0.5) is 11.4 Å². The normalized spacial score (nSPS) is 16.9. The Kier molecular flexibility index (Phi) is 6.08. The summed E-state index contributed by atoms with van der Waals surface area (Å²) in [5, 5.41) is 30.1. The lowest BCUT2D eigenvalue weighted by atomic mass is 9.85. The number of hydrogen-bond donors (Lipinski definition) is 2. The van der Waals surface area contributed by atoms with E-state index in [4.69, 9.17) is 11.6 Å². The van der Waals surface area contributed by atoms with Crippen LogP contribution in [0.5, 0.6) is 0 Å². The highest BCUT2D eigenvalue weighted by molar-refractivity contribution is 7.09. The first-order valence-electron chi connectivity index (χ1n) is 11.0. The van der Waals surface area contributed by atoms with Crippen LogP contribution in [0.25, 0.3) is 0 Å². The van der Waals surface area contributed by atoms with E-state index in [9.17, 15) is 15.2 Å². The minimum atomic E-state index is -1.58. The third-order valence-corrected chi connectivity index (χ3v) is 7.46. The average Bonchev–Trinajstić information content (AvgIpc) is 3.39. The second kappa shape index (κ2) is 9.18. The number of hydrogen-bond acceptors (Lipinski definition) is 6. The van der Waals surface area contributed by atoms with E-state index in [1.165, 1.54) is 28.5 Å². The van der Waals surface area contributed by atoms with Crippen LogP contribution in [0.1, 0.15) is 33.7 Å². The summed E-state index contributed by atoms with van der Waals surface area (Å²) < 4.78 is 0. The van der Waals surface area contributed by atoms with Gasteiger partial charge in [-0.05, 0) is 65.8 Å². The molecule has 0 aliphatic heterocycles. The highest BCUT2D eigenvalue weighted by Crippen LogP contribution is 2.41. The quantitative estimate of drug-likeness (QED) is 0.256. The summed E-state index contributed by atoms with van der Waals surface area (Å²) in [4.78, 5) is 15.8. The molecule has 1 aliphatic rings. The van der Waals surface area contributed by atoms with Gasteiger partial charge in [-0.1, -0.05) is 48.0 Å². The van der Waals surface area contributed by atoms with Crippen LogP contribution in [0.3, 0.4) is 0 Å². The number of aryl methyl sites for hydroxylation is 1. The van der Waals surface area contributed by atoms with Gasteiger partial charge in [-0.15, -0.1) is 11.3 Å². The first-order valence-corrected chi connectivity index (χ1v) is 12.2. The van der Waals surface area contributed by atoms with Gasteiger partial charge < -0.3 is 10.4 Å². The van der Waals surface area contributed by atoms with Crippen molar-refractivity contribution in [2.75, 3.05) is 5.32 Å². The molecule has 2 atom stereocenters. The van der Waals surface area contributed by atoms with Gasteiger partial charge >= 0.3 is 0 Å². The fraction of sp³-hybridized carbons (Fsp3) is 0.192. The van der Waals surface area contributed by atoms with E-state index in [2.05, 4.69) is 22.4 Å². The molecule has 8 heteroatoms. The Morgan fingerprint density at radius 3 is 2.53 bits per heavy atom. The molecule has 2 N–H and O–H groups in total. The van der Waals surface area contributed by atoms with Crippen molar-refractivity contribution in [3.8, 4) is 0 Å². The van der Waals surface area contributed by atoms with Crippen LogP contribution in [0, 0.1) is 10.1 Å². The number of thiazole rings is 1. The molecule has 6 nitrogen and oxygen atoms in total. The fourth-order valence-electron chi connectivity index (χ4n) is 4.58. The van der Waals surface area contributed by atoms with Gasteiger partial charge in [0.15, 0.2) is 5.60 Å². The Bertz CT molecular complexity index is 1330. The van der Waals surface area contributed by atoms with Crippen LogP contribution < -0.4 is 5.32 Å². The average molecular weight is 492 g/mol. The molecule has 0 amide bonds. The monoisotopic (exact) mass is 491 g/mol. The van der Waals surface area contributed by atoms with E-state index in [1.807, 2.05) is 12.1 Å². The topological polar surface area (TPSA) is 88.3 Å². The van der Waals surface area contributed by atoms with Crippen LogP contribution >= 0.6 is 22.9 Å². The van der Waals surface area contributed by atoms with Gasteiger partial charge in [0, 0.05) is 28.7 Å². The number of nitro benzene ring substituents is 1. The fourth-order valence-corrected chi connectivity index (χ4v) is 5.49. The number of nitrogens with zero attached hydrogens (tertiary/aromatic N) is 2. The Morgan fingerprint density at radius 1 is 1.09 bits per heavy atom. The summed E-state index contributed by atoms with van der Waals surface area (Å²) in [7, 11) is 0. The SMILES string of the molecule is O=[N+]([O-])c1ccc(C(O)(c2ccc(Cl)cc2)c2nccs2)cc1NC1CCc2ccccc2C1. The van der Waals surface area contributed by atoms with Crippen molar-refractivity contribution < 1.29 is 10.0 Å². The summed E-state index contributed by atoms with van der Waals surface area (Å²) in [5.41, 5.74) is 2.43. The van der Waals surface area contributed by atoms with E-state index < -0.39 is 10.5 Å². The van der Waals surface area contributed by atoms with Gasteiger partial charge in [-0.2, -0.15) is 0 Å². The van der Waals surface area contributed by atoms with Crippen molar-refractivity contribution >= 4 is 34.3 Å². The molecular formula is C26H22ClN3O3S. The van der Waals surface area contributed by atoms with E-state index in [1.54, 1.807) is 48.0 Å². The van der Waals surface area contributed by atoms with Crippen LogP contribution in [0.15, 0.2) is 78.3 Å². The number of nitrogens with one attached hydrogen (secondary N) is 1. The molecule has 0 fully saturated rings. The number of aromatic nitrogens is 1. The summed E-state index contributed by atoms with van der Waals surface area (Å²) in [6.45, 7) is 0. The number of halogens is 1. The number of nitro groups is 1. The standard InChI is InChI=1S/C26H22ClN3O3S/c27-21-9-6-19(7-10-21)26(31,25-28-13-14-34-25)20-8-12-24(30(32)33)23(16-20)29-22-11-5-17-3-1-2-4-18(17)15-22/h1-4,6-10,12-14,16,22,29,31H,5,11,15H2. The zero-order valence-electron chi connectivity index (χ0n) is 18.1. The summed E-state index contributed by atoms with van der Waals surface area (Å²) in [5.74, 6) is 0. The number of benzene rings is 3. The molecule has 34 heavy (non-hydrogen) atoms. The number of fused-ring (bicyclic) bond motifs is 1. The third-order valence-electron chi connectivity index (χ3n) is 6.32. The summed E-state index contributed by atoms with van der Waals surface area (Å²) >= 11 is 7.40. The van der Waals surface area contributed by atoms with E-state index in [-0.39, 0.29) is 11.7 Å². The number of rotatable bonds is 6. The van der Waals surface area contributed by atoms with Crippen molar-refractivity contribution in [2.45, 2.75) is 30.9 Å². The lowest BCUT2D eigenvalue weighted by Crippen LogP contribution is -2.30. The van der Waals surface area contributed by atoms with Gasteiger partial charge in [0.1, 0.15) is 10.7 Å². The molecule has 172 valence electrons. The molecule has 1 aliphatic carbocycles. The Labute approximate surface area is 206 Å². The first kappa shape index (κ1) is 22.5. The van der Waals surface area contributed by atoms with Gasteiger partial charge in [0.25, 0.3) is 5.69 Å². The smallest absolute Gasteiger partial charge is 0.292 e. The maximum absolute atomic E-state index is 12.0. The predicted molar refractivity (Wildman–Crippen MR) is 135 cm³/mol. The van der Waals surface area contributed by atoms with Crippen molar-refractivity contribution in [1.82, 2.24) is 4.98 Å². The van der Waals surface area contributed by atoms with E-state index in [0.717, 1.165) is 19.3 Å². The molecule has 4 aromatic rings. The Balaban J connectivity index is 1.56. The second-order valence-corrected chi connectivity index (χ2v) is 9.73. The summed E-state index contributed by atoms with van der Waals surface area (Å²) in [6.07, 6.45) is 4.19. The van der Waals surface area contributed by atoms with E-state index in [0.29, 0.717) is 26.8 Å².